The van der Waals surface area contributed by atoms with Gasteiger partial charge in [-0.25, -0.2) is 8.42 Å². The molecule has 11 heteroatoms. The van der Waals surface area contributed by atoms with Crippen LogP contribution in [-0.4, -0.2) is 60.8 Å². The number of aromatic nitrogens is 2. The lowest BCUT2D eigenvalue weighted by molar-refractivity contribution is -0.384. The van der Waals surface area contributed by atoms with Crippen molar-refractivity contribution < 1.29 is 17.9 Å². The summed E-state index contributed by atoms with van der Waals surface area (Å²) in [5.74, 6) is 1.05. The normalized spacial score (nSPS) is 15.2. The van der Waals surface area contributed by atoms with Crippen molar-refractivity contribution in [3.63, 3.8) is 0 Å². The van der Waals surface area contributed by atoms with Crippen LogP contribution in [0.4, 0.5) is 11.4 Å². The van der Waals surface area contributed by atoms with Crippen LogP contribution in [0.2, 0.25) is 0 Å². The van der Waals surface area contributed by atoms with Gasteiger partial charge in [0.2, 0.25) is 11.7 Å². The Balaban J connectivity index is 1.42. The van der Waals surface area contributed by atoms with Crippen LogP contribution >= 0.6 is 0 Å². The Hall–Kier alpha value is -3.31. The van der Waals surface area contributed by atoms with Gasteiger partial charge in [-0.05, 0) is 12.1 Å². The Labute approximate surface area is 179 Å². The molecule has 0 unspecified atom stereocenters. The van der Waals surface area contributed by atoms with Crippen LogP contribution in [0.25, 0.3) is 11.4 Å². The highest BCUT2D eigenvalue weighted by molar-refractivity contribution is 7.90. The van der Waals surface area contributed by atoms with Crippen LogP contribution in [0, 0.1) is 10.1 Å². The van der Waals surface area contributed by atoms with Gasteiger partial charge in [0.1, 0.15) is 5.69 Å². The maximum Gasteiger partial charge on any atom is 0.293 e. The second kappa shape index (κ2) is 8.44. The molecule has 1 aromatic heterocycles. The molecule has 4 rings (SSSR count). The van der Waals surface area contributed by atoms with Crippen molar-refractivity contribution in [2.75, 3.05) is 37.3 Å². The summed E-state index contributed by atoms with van der Waals surface area (Å²) in [5, 5.41) is 15.5. The van der Waals surface area contributed by atoms with Gasteiger partial charge in [0.25, 0.3) is 5.69 Å². The highest BCUT2D eigenvalue weighted by Crippen LogP contribution is 2.31. The summed E-state index contributed by atoms with van der Waals surface area (Å²) in [7, 11) is -3.52. The predicted molar refractivity (Wildman–Crippen MR) is 113 cm³/mol. The summed E-state index contributed by atoms with van der Waals surface area (Å²) in [6.45, 7) is 2.89. The third kappa shape index (κ3) is 4.72. The van der Waals surface area contributed by atoms with Gasteiger partial charge < -0.3 is 9.42 Å². The zero-order chi connectivity index (χ0) is 22.0. The Morgan fingerprint density at radius 1 is 1.10 bits per heavy atom. The molecule has 1 fully saturated rings. The number of rotatable bonds is 6. The summed E-state index contributed by atoms with van der Waals surface area (Å²) < 4.78 is 28.8. The standard InChI is InChI=1S/C20H21N5O5S/c1-31(28,29)16-7-8-17(18(13-16)25(26)27)24-11-9-23(10-12-24)14-19-21-20(22-30-19)15-5-3-2-4-6-15/h2-8,13H,9-12,14H2,1H3. The lowest BCUT2D eigenvalue weighted by Gasteiger charge is -2.35. The fourth-order valence-electron chi connectivity index (χ4n) is 3.51. The van der Waals surface area contributed by atoms with Crippen molar-refractivity contribution in [1.82, 2.24) is 15.0 Å². The van der Waals surface area contributed by atoms with Crippen LogP contribution in [0.1, 0.15) is 5.89 Å². The molecule has 0 bridgehead atoms. The average molecular weight is 443 g/mol. The first-order chi connectivity index (χ1) is 14.8. The first-order valence-corrected chi connectivity index (χ1v) is 11.5. The van der Waals surface area contributed by atoms with E-state index < -0.39 is 14.8 Å². The first-order valence-electron chi connectivity index (χ1n) is 9.65. The lowest BCUT2D eigenvalue weighted by Crippen LogP contribution is -2.46. The SMILES string of the molecule is CS(=O)(=O)c1ccc(N2CCN(Cc3nc(-c4ccccc4)no3)CC2)c([N+](=O)[O-])c1. The van der Waals surface area contributed by atoms with Crippen LogP contribution in [0.5, 0.6) is 0 Å². The highest BCUT2D eigenvalue weighted by atomic mass is 32.2. The van der Waals surface area contributed by atoms with E-state index in [9.17, 15) is 18.5 Å². The maximum atomic E-state index is 11.7. The van der Waals surface area contributed by atoms with E-state index in [0.717, 1.165) is 17.9 Å². The summed E-state index contributed by atoms with van der Waals surface area (Å²) in [4.78, 5) is 19.4. The van der Waals surface area contributed by atoms with Crippen molar-refractivity contribution in [2.24, 2.45) is 0 Å². The molecular weight excluding hydrogens is 422 g/mol. The molecule has 0 atom stereocenters. The van der Waals surface area contributed by atoms with E-state index in [2.05, 4.69) is 15.0 Å². The molecule has 0 spiro atoms. The third-order valence-corrected chi connectivity index (χ3v) is 6.25. The number of nitro benzene ring substituents is 1. The van der Waals surface area contributed by atoms with Crippen molar-refractivity contribution in [2.45, 2.75) is 11.4 Å². The smallest absolute Gasteiger partial charge is 0.293 e. The van der Waals surface area contributed by atoms with E-state index in [1.165, 1.54) is 12.1 Å². The Kier molecular flexibility index (Phi) is 5.70. The number of piperazine rings is 1. The minimum absolute atomic E-state index is 0.0628. The van der Waals surface area contributed by atoms with Crippen molar-refractivity contribution >= 4 is 21.2 Å². The summed E-state index contributed by atoms with van der Waals surface area (Å²) >= 11 is 0. The first kappa shape index (κ1) is 20.9. The molecule has 0 aliphatic carbocycles. The fraction of sp³-hybridized carbons (Fsp3) is 0.300. The van der Waals surface area contributed by atoms with Gasteiger partial charge in [-0.3, -0.25) is 15.0 Å². The van der Waals surface area contributed by atoms with Gasteiger partial charge in [0, 0.05) is 44.1 Å². The maximum absolute atomic E-state index is 11.7. The molecule has 10 nitrogen and oxygen atoms in total. The molecule has 2 heterocycles. The van der Waals surface area contributed by atoms with Crippen LogP contribution < -0.4 is 4.90 Å². The van der Waals surface area contributed by atoms with Gasteiger partial charge >= 0.3 is 0 Å². The lowest BCUT2D eigenvalue weighted by atomic mass is 10.2. The van der Waals surface area contributed by atoms with E-state index in [0.29, 0.717) is 50.1 Å². The molecule has 1 aliphatic heterocycles. The molecule has 1 saturated heterocycles. The largest absolute Gasteiger partial charge is 0.363 e. The zero-order valence-electron chi connectivity index (χ0n) is 16.8. The zero-order valence-corrected chi connectivity index (χ0v) is 17.7. The number of hydrogen-bond acceptors (Lipinski definition) is 9. The molecule has 1 aliphatic rings. The summed E-state index contributed by atoms with van der Waals surface area (Å²) in [6.07, 6.45) is 1.03. The third-order valence-electron chi connectivity index (χ3n) is 5.14. The van der Waals surface area contributed by atoms with Crippen molar-refractivity contribution in [3.8, 4) is 11.4 Å². The van der Waals surface area contributed by atoms with Crippen molar-refractivity contribution in [3.05, 3.63) is 64.5 Å². The molecule has 162 valence electrons. The number of hydrogen-bond donors (Lipinski definition) is 0. The molecule has 0 N–H and O–H groups in total. The van der Waals surface area contributed by atoms with Crippen LogP contribution in [-0.2, 0) is 16.4 Å². The number of sulfone groups is 1. The second-order valence-electron chi connectivity index (χ2n) is 7.32. The minimum Gasteiger partial charge on any atom is -0.363 e. The average Bonchev–Trinajstić information content (AvgIpc) is 3.22. The van der Waals surface area contributed by atoms with E-state index in [-0.39, 0.29) is 10.6 Å². The van der Waals surface area contributed by atoms with E-state index in [1.807, 2.05) is 35.2 Å². The Bertz CT molecular complexity index is 1190. The van der Waals surface area contributed by atoms with Gasteiger partial charge in [0.05, 0.1) is 16.4 Å². The van der Waals surface area contributed by atoms with E-state index >= 15 is 0 Å². The Morgan fingerprint density at radius 2 is 1.81 bits per heavy atom. The molecular formula is C20H21N5O5S. The van der Waals surface area contributed by atoms with Gasteiger partial charge in [-0.2, -0.15) is 4.98 Å². The molecule has 31 heavy (non-hydrogen) atoms. The van der Waals surface area contributed by atoms with Crippen molar-refractivity contribution in [1.29, 1.82) is 0 Å². The number of anilines is 1. The second-order valence-corrected chi connectivity index (χ2v) is 9.34. The number of benzene rings is 2. The predicted octanol–water partition coefficient (Wildman–Crippen LogP) is 2.37. The summed E-state index contributed by atoms with van der Waals surface area (Å²) in [6, 6.07) is 13.6. The number of nitro groups is 1. The van der Waals surface area contributed by atoms with Gasteiger partial charge in [0.15, 0.2) is 9.84 Å². The molecule has 3 aromatic rings. The quantitative estimate of drug-likeness (QED) is 0.417. The molecule has 2 aromatic carbocycles. The molecule has 0 radical (unpaired) electrons. The number of nitrogens with zero attached hydrogens (tertiary/aromatic N) is 5. The van der Waals surface area contributed by atoms with Crippen LogP contribution in [0.15, 0.2) is 57.9 Å². The highest BCUT2D eigenvalue weighted by Gasteiger charge is 2.26. The van der Waals surface area contributed by atoms with E-state index in [4.69, 9.17) is 4.52 Å². The van der Waals surface area contributed by atoms with Crippen LogP contribution in [0.3, 0.4) is 0 Å². The monoisotopic (exact) mass is 443 g/mol. The molecule has 0 amide bonds. The Morgan fingerprint density at radius 3 is 2.45 bits per heavy atom. The minimum atomic E-state index is -3.52. The summed E-state index contributed by atoms with van der Waals surface area (Å²) in [5.41, 5.74) is 1.09. The fourth-order valence-corrected chi connectivity index (χ4v) is 4.15. The van der Waals surface area contributed by atoms with Gasteiger partial charge in [-0.1, -0.05) is 35.5 Å². The molecule has 0 saturated carbocycles. The topological polar surface area (TPSA) is 123 Å². The van der Waals surface area contributed by atoms with Gasteiger partial charge in [-0.15, -0.1) is 0 Å². The van der Waals surface area contributed by atoms with E-state index in [1.54, 1.807) is 0 Å².